The van der Waals surface area contributed by atoms with E-state index in [0.717, 1.165) is 17.1 Å². The van der Waals surface area contributed by atoms with Crippen molar-refractivity contribution >= 4 is 74.1 Å². The van der Waals surface area contributed by atoms with Gasteiger partial charge in [0.05, 0.1) is 16.4 Å². The molecule has 1 atom stereocenters. The molecular weight excluding hydrogens is 650 g/mol. The average molecular weight is 674 g/mol. The molecule has 212 valence electrons. The predicted octanol–water partition coefficient (Wildman–Crippen LogP) is 8.18. The van der Waals surface area contributed by atoms with E-state index >= 15 is 0 Å². The topological polar surface area (TPSA) is 80.2 Å². The van der Waals surface area contributed by atoms with Crippen LogP contribution < -0.4 is 10.4 Å². The van der Waals surface area contributed by atoms with Crippen molar-refractivity contribution in [1.29, 1.82) is 0 Å². The lowest BCUT2D eigenvalue weighted by atomic mass is 9.86. The first-order valence-corrected chi connectivity index (χ1v) is 13.8. The van der Waals surface area contributed by atoms with E-state index in [-0.39, 0.29) is 44.0 Å². The quantitative estimate of drug-likeness (QED) is 0.248. The Morgan fingerprint density at radius 1 is 1.13 bits per heavy atom. The molecular formula is C25H24BrCl3F3N3O4. The summed E-state index contributed by atoms with van der Waals surface area (Å²) in [7, 11) is 0. The largest absolute Gasteiger partial charge is 0.442 e. The summed E-state index contributed by atoms with van der Waals surface area (Å²) >= 11 is 21.5. The van der Waals surface area contributed by atoms with Crippen LogP contribution in [0.5, 0.6) is 0 Å². The van der Waals surface area contributed by atoms with Gasteiger partial charge in [0.1, 0.15) is 5.60 Å². The van der Waals surface area contributed by atoms with Crippen LogP contribution in [0, 0.1) is 0 Å². The Morgan fingerprint density at radius 3 is 2.33 bits per heavy atom. The molecule has 1 unspecified atom stereocenters. The molecule has 2 amide bonds. The molecule has 3 rings (SSSR count). The molecule has 0 aromatic heterocycles. The minimum Gasteiger partial charge on any atom is -0.442 e. The molecule has 14 heteroatoms. The van der Waals surface area contributed by atoms with Crippen molar-refractivity contribution in [3.8, 4) is 0 Å². The van der Waals surface area contributed by atoms with E-state index in [1.807, 2.05) is 0 Å². The number of nitrogens with zero attached hydrogens (tertiary/aromatic N) is 2. The van der Waals surface area contributed by atoms with E-state index in [0.29, 0.717) is 11.8 Å². The van der Waals surface area contributed by atoms with Crippen LogP contribution in [0.1, 0.15) is 51.2 Å². The zero-order chi connectivity index (χ0) is 29.2. The number of hydrogen-bond acceptors (Lipinski definition) is 5. The third-order valence-corrected chi connectivity index (χ3v) is 6.70. The summed E-state index contributed by atoms with van der Waals surface area (Å²) in [5.41, 5.74) is -1.60. The van der Waals surface area contributed by atoms with Gasteiger partial charge in [-0.3, -0.25) is 10.2 Å². The molecule has 0 radical (unpaired) electrons. The second kappa shape index (κ2) is 12.1. The molecule has 0 fully saturated rings. The fraction of sp³-hybridized carbons (Fsp3) is 0.400. The smallest absolute Gasteiger partial charge is 0.435 e. The Labute approximate surface area is 246 Å². The lowest BCUT2D eigenvalue weighted by Gasteiger charge is -2.30. The maximum Gasteiger partial charge on any atom is 0.435 e. The van der Waals surface area contributed by atoms with Crippen molar-refractivity contribution < 1.29 is 32.3 Å². The number of hydrazine groups is 1. The first kappa shape index (κ1) is 31.3. The van der Waals surface area contributed by atoms with E-state index < -0.39 is 35.8 Å². The molecule has 0 aliphatic carbocycles. The van der Waals surface area contributed by atoms with Crippen molar-refractivity contribution in [1.82, 2.24) is 5.43 Å². The number of amides is 2. The van der Waals surface area contributed by atoms with Crippen molar-refractivity contribution in [3.05, 3.63) is 62.6 Å². The van der Waals surface area contributed by atoms with Gasteiger partial charge in [-0.05, 0) is 57.5 Å². The summed E-state index contributed by atoms with van der Waals surface area (Å²) in [5, 5.41) is 5.13. The van der Waals surface area contributed by atoms with Crippen LogP contribution in [0.15, 0.2) is 41.6 Å². The number of benzene rings is 2. The molecule has 1 aliphatic rings. The van der Waals surface area contributed by atoms with Gasteiger partial charge in [-0.15, -0.1) is 0 Å². The number of nitrogens with one attached hydrogen (secondary N) is 1. The van der Waals surface area contributed by atoms with Crippen molar-refractivity contribution in [2.24, 2.45) is 5.16 Å². The summed E-state index contributed by atoms with van der Waals surface area (Å²) < 4.78 is 48.6. The molecule has 2 aromatic rings. The van der Waals surface area contributed by atoms with Gasteiger partial charge in [-0.2, -0.15) is 18.2 Å². The highest BCUT2D eigenvalue weighted by atomic mass is 79.9. The lowest BCUT2D eigenvalue weighted by molar-refractivity contribution is -0.275. The second-order valence-corrected chi connectivity index (χ2v) is 11.7. The number of oxime groups is 1. The highest BCUT2D eigenvalue weighted by Crippen LogP contribution is 2.50. The number of anilines is 1. The van der Waals surface area contributed by atoms with Gasteiger partial charge in [0.15, 0.2) is 0 Å². The number of alkyl halides is 4. The zero-order valence-corrected chi connectivity index (χ0v) is 24.8. The first-order valence-electron chi connectivity index (χ1n) is 11.5. The molecule has 2 aromatic carbocycles. The molecule has 0 spiro atoms. The van der Waals surface area contributed by atoms with Gasteiger partial charge in [-0.25, -0.2) is 4.79 Å². The van der Waals surface area contributed by atoms with Crippen LogP contribution in [-0.4, -0.2) is 34.8 Å². The van der Waals surface area contributed by atoms with Gasteiger partial charge in [0.25, 0.3) is 5.60 Å². The molecule has 0 bridgehead atoms. The van der Waals surface area contributed by atoms with Gasteiger partial charge >= 0.3 is 12.3 Å². The summed E-state index contributed by atoms with van der Waals surface area (Å²) in [6, 6.07) is 7.62. The second-order valence-electron chi connectivity index (χ2n) is 9.60. The molecule has 1 N–H and O–H groups in total. The van der Waals surface area contributed by atoms with E-state index in [4.69, 9.17) is 44.4 Å². The third kappa shape index (κ3) is 7.50. The van der Waals surface area contributed by atoms with E-state index in [9.17, 15) is 22.8 Å². The van der Waals surface area contributed by atoms with Crippen LogP contribution in [0.3, 0.4) is 0 Å². The highest BCUT2D eigenvalue weighted by molar-refractivity contribution is 9.09. The maximum atomic E-state index is 14.4. The summed E-state index contributed by atoms with van der Waals surface area (Å²) in [6.45, 7) is 4.91. The Kier molecular flexibility index (Phi) is 9.73. The Balaban J connectivity index is 2.01. The zero-order valence-electron chi connectivity index (χ0n) is 21.0. The van der Waals surface area contributed by atoms with Crippen molar-refractivity contribution in [3.63, 3.8) is 0 Å². The van der Waals surface area contributed by atoms with Crippen LogP contribution >= 0.6 is 50.7 Å². The number of carbonyl (C=O) groups excluding carboxylic acids is 2. The monoisotopic (exact) mass is 671 g/mol. The van der Waals surface area contributed by atoms with Gasteiger partial charge in [-0.1, -0.05) is 62.0 Å². The van der Waals surface area contributed by atoms with E-state index in [1.165, 1.54) is 24.3 Å². The highest BCUT2D eigenvalue weighted by Gasteiger charge is 2.62. The van der Waals surface area contributed by atoms with Crippen molar-refractivity contribution in [2.75, 3.05) is 10.3 Å². The minimum atomic E-state index is -4.90. The molecule has 1 heterocycles. The number of carbonyl (C=O) groups is 2. The minimum absolute atomic E-state index is 0.00407. The Hall–Kier alpha value is -2.21. The van der Waals surface area contributed by atoms with Gasteiger partial charge in [0, 0.05) is 39.3 Å². The van der Waals surface area contributed by atoms with Crippen LogP contribution in [0.4, 0.5) is 23.7 Å². The molecule has 1 aliphatic heterocycles. The average Bonchev–Trinajstić information content (AvgIpc) is 3.27. The van der Waals surface area contributed by atoms with E-state index in [2.05, 4.69) is 26.5 Å². The fourth-order valence-corrected chi connectivity index (χ4v) is 4.64. The SMILES string of the molecule is CC(C)(C)OC(=O)N(NC(=O)CCCBr)c1cc(C2=NOC(c3cc(Cl)cc(Cl)c3)(C(F)(F)F)C2)ccc1Cl. The van der Waals surface area contributed by atoms with Gasteiger partial charge in [0.2, 0.25) is 5.91 Å². The number of rotatable bonds is 6. The Bertz CT molecular complexity index is 1270. The molecule has 39 heavy (non-hydrogen) atoms. The summed E-state index contributed by atoms with van der Waals surface area (Å²) in [5.74, 6) is -0.503. The summed E-state index contributed by atoms with van der Waals surface area (Å²) in [4.78, 5) is 30.6. The standard InChI is InChI=1S/C25H24BrCl3F3N3O4/c1-23(2,3)38-22(37)35(33-21(36)5-4-8-26)20-9-14(6-7-18(20)29)19-13-24(39-34-19,25(30,31)32)15-10-16(27)12-17(28)11-15/h6-7,9-12H,4-5,8,13H2,1-3H3,(H,33,36). The number of halogens is 7. The number of hydrogen-bond donors (Lipinski definition) is 1. The molecule has 0 saturated heterocycles. The predicted molar refractivity (Wildman–Crippen MR) is 148 cm³/mol. The molecule has 7 nitrogen and oxygen atoms in total. The van der Waals surface area contributed by atoms with Crippen LogP contribution in [-0.2, 0) is 20.0 Å². The van der Waals surface area contributed by atoms with Crippen LogP contribution in [0.2, 0.25) is 15.1 Å². The Morgan fingerprint density at radius 2 is 1.77 bits per heavy atom. The summed E-state index contributed by atoms with van der Waals surface area (Å²) in [6.07, 6.45) is -6.00. The number of ether oxygens (including phenoxy) is 1. The normalized spacial score (nSPS) is 17.3. The fourth-order valence-electron chi connectivity index (χ4n) is 3.63. The van der Waals surface area contributed by atoms with Crippen molar-refractivity contribution in [2.45, 2.75) is 57.4 Å². The first-order chi connectivity index (χ1) is 18.1. The molecule has 0 saturated carbocycles. The van der Waals surface area contributed by atoms with E-state index in [1.54, 1.807) is 20.8 Å². The van der Waals surface area contributed by atoms with Crippen LogP contribution in [0.25, 0.3) is 0 Å². The maximum absolute atomic E-state index is 14.4. The third-order valence-electron chi connectivity index (χ3n) is 5.39. The lowest BCUT2D eigenvalue weighted by Crippen LogP contribution is -2.48. The van der Waals surface area contributed by atoms with Gasteiger partial charge < -0.3 is 9.57 Å².